The lowest BCUT2D eigenvalue weighted by Crippen LogP contribution is -2.55. The van der Waals surface area contributed by atoms with Crippen LogP contribution in [0.5, 0.6) is 23.0 Å². The van der Waals surface area contributed by atoms with Gasteiger partial charge in [0.1, 0.15) is 48.4 Å². The van der Waals surface area contributed by atoms with Crippen molar-refractivity contribution in [3.8, 4) is 69.0 Å². The number of rotatable bonds is 6. The number of carboxylic acid groups (broad SMARTS) is 1. The number of morpholine rings is 2. The van der Waals surface area contributed by atoms with Crippen LogP contribution in [0.15, 0.2) is 57.9 Å². The van der Waals surface area contributed by atoms with E-state index in [4.69, 9.17) is 33.5 Å². The Balaban J connectivity index is 0.000000155. The highest BCUT2D eigenvalue weighted by atomic mass is 32.1. The average molecular weight is 919 g/mol. The molecule has 0 aliphatic carbocycles. The summed E-state index contributed by atoms with van der Waals surface area (Å²) in [5, 5.41) is 48.5. The second-order valence-corrected chi connectivity index (χ2v) is 18.1. The molecule has 0 atom stereocenters. The molecule has 65 heavy (non-hydrogen) atoms. The molecule has 2 aromatic carbocycles. The first kappa shape index (κ1) is 44.9. The van der Waals surface area contributed by atoms with Gasteiger partial charge in [0.15, 0.2) is 11.4 Å². The number of hydrogen-bond acceptors (Lipinski definition) is 15. The molecule has 8 heterocycles. The molecule has 2 saturated heterocycles. The molecule has 4 aliphatic heterocycles. The average Bonchev–Trinajstić information content (AvgIpc) is 4.15. The highest BCUT2D eigenvalue weighted by Gasteiger charge is 2.39. The van der Waals surface area contributed by atoms with E-state index in [1.165, 1.54) is 25.6 Å². The quantitative estimate of drug-likeness (QED) is 0.171. The summed E-state index contributed by atoms with van der Waals surface area (Å²) in [4.78, 5) is 27.1. The molecule has 6 aromatic rings. The molecule has 0 saturated carbocycles. The molecule has 19 heteroatoms. The van der Waals surface area contributed by atoms with E-state index < -0.39 is 11.5 Å². The number of methoxy groups -OCH3 is 2. The summed E-state index contributed by atoms with van der Waals surface area (Å²) >= 11 is 3.04. The van der Waals surface area contributed by atoms with Crippen molar-refractivity contribution in [2.45, 2.75) is 52.0 Å². The van der Waals surface area contributed by atoms with Gasteiger partial charge in [-0.2, -0.15) is 43.4 Å². The van der Waals surface area contributed by atoms with E-state index in [1.54, 1.807) is 45.0 Å². The molecule has 10 rings (SSSR count). The third-order valence-electron chi connectivity index (χ3n) is 11.2. The van der Waals surface area contributed by atoms with Gasteiger partial charge in [-0.25, -0.2) is 14.2 Å². The van der Waals surface area contributed by atoms with Crippen LogP contribution in [0.3, 0.4) is 0 Å². The second kappa shape index (κ2) is 18.4. The standard InChI is InChI=1S/C23H22N4O4S.C17H11N3O4S.C6H13NO/c1-23(2)13-30-6-5-26(23)22(28)20-17-11-31-19-9-18(29-3)14(10-24)8-16(19)21(17)27(25-20)15-4-7-32-12-15;1-23-13-5-14-11(4-9(13)6-18)16-12(7-24-14)15(17(21)22)19-20(16)10-2-3-25-8-10;1-6(2)5-8-4-3-7-6/h4,7-9,12H,5-6,11,13H2,1-3H3;2-5,8H,7H2,1H3,(H,21,22);7H,3-5H2,1-2H3. The Morgan fingerprint density at radius 1 is 0.785 bits per heavy atom. The van der Waals surface area contributed by atoms with Gasteiger partial charge in [-0.1, -0.05) is 0 Å². The Kier molecular flexibility index (Phi) is 12.7. The Morgan fingerprint density at radius 2 is 1.31 bits per heavy atom. The van der Waals surface area contributed by atoms with Crippen LogP contribution in [-0.2, 0) is 22.7 Å². The zero-order chi connectivity index (χ0) is 46.0. The van der Waals surface area contributed by atoms with Gasteiger partial charge in [-0.3, -0.25) is 4.79 Å². The van der Waals surface area contributed by atoms with E-state index in [9.17, 15) is 25.2 Å². The predicted molar refractivity (Wildman–Crippen MR) is 241 cm³/mol. The van der Waals surface area contributed by atoms with Crippen molar-refractivity contribution in [2.75, 3.05) is 53.7 Å². The number of nitriles is 2. The Hall–Kier alpha value is -6.74. The number of nitrogens with one attached hydrogen (secondary N) is 1. The van der Waals surface area contributed by atoms with Gasteiger partial charge < -0.3 is 43.7 Å². The lowest BCUT2D eigenvalue weighted by atomic mass is 9.97. The highest BCUT2D eigenvalue weighted by molar-refractivity contribution is 7.08. The number of benzene rings is 2. The fraction of sp³-hybridized carbons (Fsp3) is 0.348. The number of carbonyl (C=O) groups excluding carboxylic acids is 1. The van der Waals surface area contributed by atoms with E-state index in [0.29, 0.717) is 87.5 Å². The number of amides is 1. The van der Waals surface area contributed by atoms with Gasteiger partial charge >= 0.3 is 5.97 Å². The van der Waals surface area contributed by atoms with Gasteiger partial charge in [0, 0.05) is 58.2 Å². The van der Waals surface area contributed by atoms with Crippen LogP contribution in [0, 0.1) is 22.7 Å². The summed E-state index contributed by atoms with van der Waals surface area (Å²) < 4.78 is 36.5. The first-order valence-electron chi connectivity index (χ1n) is 20.5. The van der Waals surface area contributed by atoms with Gasteiger partial charge in [-0.15, -0.1) is 0 Å². The monoisotopic (exact) mass is 918 g/mol. The van der Waals surface area contributed by atoms with Crippen LogP contribution >= 0.6 is 22.7 Å². The summed E-state index contributed by atoms with van der Waals surface area (Å²) in [5.74, 6) is 0.704. The van der Waals surface area contributed by atoms with Gasteiger partial charge in [0.2, 0.25) is 0 Å². The molecule has 0 bridgehead atoms. The maximum Gasteiger partial charge on any atom is 0.356 e. The highest BCUT2D eigenvalue weighted by Crippen LogP contribution is 2.45. The topological polar surface area (TPSA) is 208 Å². The summed E-state index contributed by atoms with van der Waals surface area (Å²) in [6.45, 7) is 12.7. The maximum absolute atomic E-state index is 13.7. The van der Waals surface area contributed by atoms with Crippen LogP contribution in [0.4, 0.5) is 0 Å². The number of hydrogen-bond donors (Lipinski definition) is 2. The summed E-state index contributed by atoms with van der Waals surface area (Å²) in [6, 6.07) is 14.8. The lowest BCUT2D eigenvalue weighted by molar-refractivity contribution is -0.0374. The molecule has 2 N–H and O–H groups in total. The number of ether oxygens (including phenoxy) is 6. The van der Waals surface area contributed by atoms with Crippen molar-refractivity contribution >= 4 is 34.6 Å². The van der Waals surface area contributed by atoms with Gasteiger partial charge in [0.25, 0.3) is 5.91 Å². The number of aromatic nitrogens is 4. The van der Waals surface area contributed by atoms with E-state index in [1.807, 2.05) is 52.4 Å². The maximum atomic E-state index is 13.7. The smallest absolute Gasteiger partial charge is 0.356 e. The summed E-state index contributed by atoms with van der Waals surface area (Å²) in [5.41, 5.74) is 6.33. The molecule has 336 valence electrons. The Morgan fingerprint density at radius 3 is 1.72 bits per heavy atom. The van der Waals surface area contributed by atoms with Crippen molar-refractivity contribution < 1.29 is 43.1 Å². The van der Waals surface area contributed by atoms with Crippen LogP contribution < -0.4 is 24.3 Å². The molecule has 17 nitrogen and oxygen atoms in total. The molecule has 2 fully saturated rings. The molecule has 4 aliphatic rings. The molecule has 0 unspecified atom stereocenters. The molecule has 1 amide bonds. The number of fused-ring (bicyclic) bond motifs is 6. The molecule has 0 spiro atoms. The van der Waals surface area contributed by atoms with E-state index in [2.05, 4.69) is 36.4 Å². The third kappa shape index (κ3) is 8.76. The Labute approximate surface area is 382 Å². The zero-order valence-electron chi connectivity index (χ0n) is 36.6. The number of carbonyl (C=O) groups is 2. The van der Waals surface area contributed by atoms with Crippen LogP contribution in [0.25, 0.3) is 33.9 Å². The molecular weight excluding hydrogens is 873 g/mol. The largest absolute Gasteiger partial charge is 0.495 e. The summed E-state index contributed by atoms with van der Waals surface area (Å²) in [6.07, 6.45) is 0. The first-order chi connectivity index (χ1) is 31.3. The summed E-state index contributed by atoms with van der Waals surface area (Å²) in [7, 11) is 3.00. The molecule has 0 radical (unpaired) electrons. The van der Waals surface area contributed by atoms with Crippen molar-refractivity contribution in [1.82, 2.24) is 29.8 Å². The molecular formula is C46H46N8O9S2. The second-order valence-electron chi connectivity index (χ2n) is 16.5. The van der Waals surface area contributed by atoms with Gasteiger partial charge in [0.05, 0.1) is 85.6 Å². The predicted octanol–water partition coefficient (Wildman–Crippen LogP) is 7.08. The van der Waals surface area contributed by atoms with Crippen molar-refractivity contribution in [3.05, 3.63) is 91.6 Å². The third-order valence-corrected chi connectivity index (χ3v) is 12.5. The number of aromatic carboxylic acids is 1. The van der Waals surface area contributed by atoms with E-state index >= 15 is 0 Å². The zero-order valence-corrected chi connectivity index (χ0v) is 38.2. The van der Waals surface area contributed by atoms with Gasteiger partial charge in [-0.05, 0) is 62.7 Å². The van der Waals surface area contributed by atoms with Crippen LogP contribution in [-0.4, -0.2) is 106 Å². The van der Waals surface area contributed by atoms with E-state index in [-0.39, 0.29) is 30.4 Å². The number of carboxylic acids is 1. The minimum absolute atomic E-state index is 0.0545. The van der Waals surface area contributed by atoms with Crippen LogP contribution in [0.2, 0.25) is 0 Å². The van der Waals surface area contributed by atoms with Crippen molar-refractivity contribution in [1.29, 1.82) is 10.5 Å². The van der Waals surface area contributed by atoms with Crippen LogP contribution in [0.1, 0.15) is 70.9 Å². The van der Waals surface area contributed by atoms with Crippen molar-refractivity contribution in [3.63, 3.8) is 0 Å². The Bertz CT molecular complexity index is 2830. The fourth-order valence-electron chi connectivity index (χ4n) is 7.95. The first-order valence-corrected chi connectivity index (χ1v) is 22.4. The minimum Gasteiger partial charge on any atom is -0.495 e. The minimum atomic E-state index is -1.12. The normalized spacial score (nSPS) is 16.1. The number of thiophene rings is 2. The lowest BCUT2D eigenvalue weighted by Gasteiger charge is -2.41. The fourth-order valence-corrected chi connectivity index (χ4v) is 9.18. The molecule has 4 aromatic heterocycles. The SMILES string of the molecule is CC1(C)COCCN1.COc1cc2c(cc1C#N)-c1c(c(C(=O)N3CCOCC3(C)C)nn1-c1ccsc1)CO2.COc1cc2c(cc1C#N)-c1c(c(C(=O)O)nn1-c1ccsc1)CO2. The van der Waals surface area contributed by atoms with Crippen molar-refractivity contribution in [2.24, 2.45) is 0 Å². The number of nitrogens with zero attached hydrogens (tertiary/aromatic N) is 7. The van der Waals surface area contributed by atoms with E-state index in [0.717, 1.165) is 36.8 Å².